The molecule has 0 atom stereocenters. The fraction of sp³-hybridized carbons (Fsp3) is 0.125. The second kappa shape index (κ2) is 6.19. The van der Waals surface area contributed by atoms with E-state index in [1.54, 1.807) is 18.2 Å². The van der Waals surface area contributed by atoms with Crippen molar-refractivity contribution in [2.75, 3.05) is 5.32 Å². The number of anilines is 1. The number of H-pyrrole nitrogens is 2. The summed E-state index contributed by atoms with van der Waals surface area (Å²) in [6.07, 6.45) is 1.08. The number of hydrogen-bond donors (Lipinski definition) is 3. The molecule has 3 rings (SSSR count). The molecule has 0 aliphatic rings. The lowest BCUT2D eigenvalue weighted by molar-refractivity contribution is -0.116. The van der Waals surface area contributed by atoms with Crippen LogP contribution in [0.15, 0.2) is 51.7 Å². The molecule has 5 nitrogen and oxygen atoms in total. The van der Waals surface area contributed by atoms with Crippen molar-refractivity contribution >= 4 is 38.6 Å². The maximum atomic E-state index is 12.0. The third-order valence-electron chi connectivity index (χ3n) is 3.33. The molecule has 0 unspecified atom stereocenters. The van der Waals surface area contributed by atoms with Crippen molar-refractivity contribution in [3.63, 3.8) is 0 Å². The van der Waals surface area contributed by atoms with E-state index in [1.165, 1.54) is 0 Å². The maximum Gasteiger partial charge on any atom is 0.323 e. The van der Waals surface area contributed by atoms with E-state index >= 15 is 0 Å². The Hall–Kier alpha value is -2.34. The van der Waals surface area contributed by atoms with Crippen molar-refractivity contribution < 1.29 is 4.79 Å². The molecule has 0 saturated heterocycles. The molecule has 0 aliphatic heterocycles. The van der Waals surface area contributed by atoms with Crippen LogP contribution in [0.5, 0.6) is 0 Å². The van der Waals surface area contributed by atoms with E-state index in [1.807, 2.05) is 24.3 Å². The van der Waals surface area contributed by atoms with Gasteiger partial charge in [0.15, 0.2) is 0 Å². The molecule has 22 heavy (non-hydrogen) atoms. The Morgan fingerprint density at radius 2 is 1.91 bits per heavy atom. The van der Waals surface area contributed by atoms with E-state index in [-0.39, 0.29) is 11.6 Å². The second-order valence-electron chi connectivity index (χ2n) is 5.02. The van der Waals surface area contributed by atoms with Gasteiger partial charge in [-0.05, 0) is 42.3 Å². The van der Waals surface area contributed by atoms with Crippen molar-refractivity contribution in [3.8, 4) is 0 Å². The molecule has 0 bridgehead atoms. The summed E-state index contributed by atoms with van der Waals surface area (Å²) in [6.45, 7) is 0. The molecule has 6 heteroatoms. The lowest BCUT2D eigenvalue weighted by Crippen LogP contribution is -2.12. The SMILES string of the molecule is O=C(CCc1cccc(Br)c1)Nc1ccc2[nH]c(=O)[nH]c2c1. The standard InChI is InChI=1S/C16H14BrN3O2/c17-11-3-1-2-10(8-11)4-7-15(21)18-12-5-6-13-14(9-12)20-16(22)19-13/h1-3,5-6,8-9H,4,7H2,(H,18,21)(H2,19,20,22). The molecule has 0 spiro atoms. The van der Waals surface area contributed by atoms with Crippen LogP contribution in [0.1, 0.15) is 12.0 Å². The van der Waals surface area contributed by atoms with Crippen molar-refractivity contribution in [3.05, 3.63) is 63.0 Å². The molecule has 1 aromatic heterocycles. The van der Waals surface area contributed by atoms with Gasteiger partial charge in [0.2, 0.25) is 5.91 Å². The minimum absolute atomic E-state index is 0.0581. The van der Waals surface area contributed by atoms with E-state index in [9.17, 15) is 9.59 Å². The quantitative estimate of drug-likeness (QED) is 0.668. The number of fused-ring (bicyclic) bond motifs is 1. The molecule has 0 fully saturated rings. The maximum absolute atomic E-state index is 12.0. The molecule has 3 N–H and O–H groups in total. The average molecular weight is 360 g/mol. The number of aromatic amines is 2. The molecule has 0 aliphatic carbocycles. The normalized spacial score (nSPS) is 10.8. The van der Waals surface area contributed by atoms with Gasteiger partial charge in [-0.1, -0.05) is 28.1 Å². The number of benzene rings is 2. The largest absolute Gasteiger partial charge is 0.326 e. The number of hydrogen-bond acceptors (Lipinski definition) is 2. The van der Waals surface area contributed by atoms with Gasteiger partial charge in [-0.15, -0.1) is 0 Å². The first-order chi connectivity index (χ1) is 10.6. The highest BCUT2D eigenvalue weighted by atomic mass is 79.9. The lowest BCUT2D eigenvalue weighted by Gasteiger charge is -2.06. The van der Waals surface area contributed by atoms with Gasteiger partial charge in [-0.2, -0.15) is 0 Å². The number of halogens is 1. The molecule has 112 valence electrons. The van der Waals surface area contributed by atoms with Crippen LogP contribution in [0, 0.1) is 0 Å². The van der Waals surface area contributed by atoms with Crippen LogP contribution in [-0.2, 0) is 11.2 Å². The van der Waals surface area contributed by atoms with E-state index in [2.05, 4.69) is 31.2 Å². The third kappa shape index (κ3) is 3.46. The topological polar surface area (TPSA) is 77.8 Å². The smallest absolute Gasteiger partial charge is 0.323 e. The fourth-order valence-corrected chi connectivity index (χ4v) is 2.73. The predicted molar refractivity (Wildman–Crippen MR) is 90.0 cm³/mol. The van der Waals surface area contributed by atoms with Gasteiger partial charge in [0.05, 0.1) is 11.0 Å². The van der Waals surface area contributed by atoms with Crippen molar-refractivity contribution in [2.24, 2.45) is 0 Å². The number of nitrogens with one attached hydrogen (secondary N) is 3. The Kier molecular flexibility index (Phi) is 4.11. The monoisotopic (exact) mass is 359 g/mol. The van der Waals surface area contributed by atoms with Gasteiger partial charge in [-0.25, -0.2) is 4.79 Å². The summed E-state index contributed by atoms with van der Waals surface area (Å²) in [5.74, 6) is -0.0581. The molecule has 0 saturated carbocycles. The number of imidazole rings is 1. The van der Waals surface area contributed by atoms with Crippen LogP contribution in [0.3, 0.4) is 0 Å². The zero-order chi connectivity index (χ0) is 15.5. The van der Waals surface area contributed by atoms with Crippen molar-refractivity contribution in [1.82, 2.24) is 9.97 Å². The molecule has 3 aromatic rings. The Morgan fingerprint density at radius 1 is 1.09 bits per heavy atom. The zero-order valence-electron chi connectivity index (χ0n) is 11.7. The van der Waals surface area contributed by atoms with Gasteiger partial charge in [0.1, 0.15) is 0 Å². The summed E-state index contributed by atoms with van der Waals surface area (Å²) in [7, 11) is 0. The minimum atomic E-state index is -0.256. The van der Waals surface area contributed by atoms with Crippen molar-refractivity contribution in [1.29, 1.82) is 0 Å². The van der Waals surface area contributed by atoms with Gasteiger partial charge >= 0.3 is 5.69 Å². The third-order valence-corrected chi connectivity index (χ3v) is 3.82. The van der Waals surface area contributed by atoms with E-state index in [0.717, 1.165) is 15.6 Å². The molecule has 2 aromatic carbocycles. The van der Waals surface area contributed by atoms with E-state index < -0.39 is 0 Å². The van der Waals surface area contributed by atoms with Crippen LogP contribution >= 0.6 is 15.9 Å². The van der Waals surface area contributed by atoms with Crippen LogP contribution in [0.2, 0.25) is 0 Å². The first-order valence-electron chi connectivity index (χ1n) is 6.86. The first kappa shape index (κ1) is 14.6. The molecular weight excluding hydrogens is 346 g/mol. The van der Waals surface area contributed by atoms with Crippen LogP contribution in [0.4, 0.5) is 5.69 Å². The molecule has 1 amide bonds. The summed E-state index contributed by atoms with van der Waals surface area (Å²) in [4.78, 5) is 28.5. The van der Waals surface area contributed by atoms with Gasteiger partial charge in [0, 0.05) is 16.6 Å². The fourth-order valence-electron chi connectivity index (χ4n) is 2.28. The first-order valence-corrected chi connectivity index (χ1v) is 7.66. The zero-order valence-corrected chi connectivity index (χ0v) is 13.2. The predicted octanol–water partition coefficient (Wildman–Crippen LogP) is 3.19. The number of amides is 1. The average Bonchev–Trinajstić information content (AvgIpc) is 2.84. The minimum Gasteiger partial charge on any atom is -0.326 e. The van der Waals surface area contributed by atoms with Gasteiger partial charge in [0.25, 0.3) is 0 Å². The summed E-state index contributed by atoms with van der Waals surface area (Å²) in [5, 5.41) is 2.84. The van der Waals surface area contributed by atoms with Crippen LogP contribution in [0.25, 0.3) is 11.0 Å². The highest BCUT2D eigenvalue weighted by Gasteiger charge is 2.05. The van der Waals surface area contributed by atoms with E-state index in [0.29, 0.717) is 24.0 Å². The Morgan fingerprint density at radius 3 is 2.73 bits per heavy atom. The summed E-state index contributed by atoms with van der Waals surface area (Å²) < 4.78 is 1.01. The Labute approximate surface area is 134 Å². The number of aryl methyl sites for hydroxylation is 1. The number of aromatic nitrogens is 2. The molecular formula is C16H14BrN3O2. The highest BCUT2D eigenvalue weighted by molar-refractivity contribution is 9.10. The van der Waals surface area contributed by atoms with Crippen molar-refractivity contribution in [2.45, 2.75) is 12.8 Å². The highest BCUT2D eigenvalue weighted by Crippen LogP contribution is 2.16. The lowest BCUT2D eigenvalue weighted by atomic mass is 10.1. The number of rotatable bonds is 4. The molecule has 1 heterocycles. The summed E-state index contributed by atoms with van der Waals surface area (Å²) in [6, 6.07) is 13.2. The summed E-state index contributed by atoms with van der Waals surface area (Å²) >= 11 is 3.42. The van der Waals surface area contributed by atoms with Crippen LogP contribution in [-0.4, -0.2) is 15.9 Å². The molecule has 0 radical (unpaired) electrons. The Balaban J connectivity index is 1.64. The second-order valence-corrected chi connectivity index (χ2v) is 5.93. The number of carbonyl (C=O) groups excluding carboxylic acids is 1. The summed E-state index contributed by atoms with van der Waals surface area (Å²) in [5.41, 5.74) is 2.91. The van der Waals surface area contributed by atoms with Crippen LogP contribution < -0.4 is 11.0 Å². The van der Waals surface area contributed by atoms with Gasteiger partial charge < -0.3 is 15.3 Å². The van der Waals surface area contributed by atoms with E-state index in [4.69, 9.17) is 0 Å². The number of carbonyl (C=O) groups is 1. The van der Waals surface area contributed by atoms with Gasteiger partial charge in [-0.3, -0.25) is 4.79 Å². The Bertz CT molecular complexity index is 882.